The highest BCUT2D eigenvalue weighted by Crippen LogP contribution is 2.52. The molecule has 0 radical (unpaired) electrons. The van der Waals surface area contributed by atoms with Gasteiger partial charge in [0.1, 0.15) is 0 Å². The zero-order valence-corrected chi connectivity index (χ0v) is 28.0. The van der Waals surface area contributed by atoms with Crippen LogP contribution in [0.5, 0.6) is 0 Å². The summed E-state index contributed by atoms with van der Waals surface area (Å²) in [6, 6.07) is 0.488. The molecule has 0 amide bonds. The largest absolute Gasteiger partial charge is 0.328 e. The summed E-state index contributed by atoms with van der Waals surface area (Å²) in [6.07, 6.45) is 40.0. The van der Waals surface area contributed by atoms with Crippen LogP contribution in [0.4, 0.5) is 0 Å². The van der Waals surface area contributed by atoms with Crippen molar-refractivity contribution in [1.82, 2.24) is 0 Å². The maximum absolute atomic E-state index is 6.91. The topological polar surface area (TPSA) is 26.0 Å². The lowest BCUT2D eigenvalue weighted by Crippen LogP contribution is -2.29. The van der Waals surface area contributed by atoms with Gasteiger partial charge in [0.15, 0.2) is 0 Å². The summed E-state index contributed by atoms with van der Waals surface area (Å²) in [6.45, 7) is 2.48. The summed E-state index contributed by atoms with van der Waals surface area (Å²) in [5.74, 6) is 13.8. The highest BCUT2D eigenvalue weighted by molar-refractivity contribution is 4.92. The van der Waals surface area contributed by atoms with Gasteiger partial charge in [-0.1, -0.05) is 58.3 Å². The quantitative estimate of drug-likeness (QED) is 0.290. The van der Waals surface area contributed by atoms with E-state index in [1.165, 1.54) is 77.0 Å². The first-order valence-corrected chi connectivity index (χ1v) is 20.3. The molecule has 0 aromatic rings. The Balaban J connectivity index is 0.768. The second-order valence-corrected chi connectivity index (χ2v) is 18.5. The van der Waals surface area contributed by atoms with Gasteiger partial charge in [-0.2, -0.15) is 0 Å². The molecule has 7 aliphatic carbocycles. The van der Waals surface area contributed by atoms with Gasteiger partial charge < -0.3 is 5.73 Å². The minimum Gasteiger partial charge on any atom is -0.328 e. The highest BCUT2D eigenvalue weighted by Gasteiger charge is 2.41. The van der Waals surface area contributed by atoms with E-state index in [9.17, 15) is 0 Å². The van der Waals surface area contributed by atoms with Crippen LogP contribution < -0.4 is 5.73 Å². The SMILES string of the molecule is CC1CCC(C2CCC(C3CCC(C[C@@H](N)CC4CCC(C5CCC(C6CCC(C7CCC7)C6)CC5)C4)CC3)C2)CC1. The molecule has 6 unspecified atom stereocenters. The average molecular weight is 578 g/mol. The molecule has 0 bridgehead atoms. The van der Waals surface area contributed by atoms with E-state index in [0.29, 0.717) is 6.04 Å². The van der Waals surface area contributed by atoms with Crippen molar-refractivity contribution in [2.24, 2.45) is 82.7 Å². The molecule has 7 atom stereocenters. The first-order valence-electron chi connectivity index (χ1n) is 20.3. The molecule has 0 saturated heterocycles. The second kappa shape index (κ2) is 14.2. The van der Waals surface area contributed by atoms with Gasteiger partial charge in [-0.15, -0.1) is 0 Å². The van der Waals surface area contributed by atoms with E-state index in [-0.39, 0.29) is 0 Å². The van der Waals surface area contributed by atoms with Gasteiger partial charge in [-0.3, -0.25) is 0 Å². The smallest absolute Gasteiger partial charge is 0.00441 e. The van der Waals surface area contributed by atoms with Crippen LogP contribution in [0.1, 0.15) is 174 Å². The van der Waals surface area contributed by atoms with Crippen LogP contribution in [-0.4, -0.2) is 6.04 Å². The van der Waals surface area contributed by atoms with Crippen molar-refractivity contribution in [2.75, 3.05) is 0 Å². The van der Waals surface area contributed by atoms with E-state index >= 15 is 0 Å². The molecule has 0 spiro atoms. The Morgan fingerprint density at radius 3 is 1.19 bits per heavy atom. The minimum absolute atomic E-state index is 0.488. The summed E-state index contributed by atoms with van der Waals surface area (Å²) in [7, 11) is 0. The second-order valence-electron chi connectivity index (χ2n) is 18.5. The van der Waals surface area contributed by atoms with Crippen molar-refractivity contribution in [3.63, 3.8) is 0 Å². The summed E-state index contributed by atoms with van der Waals surface area (Å²) in [4.78, 5) is 0. The Bertz CT molecular complexity index is 807. The molecule has 2 N–H and O–H groups in total. The number of rotatable bonds is 9. The molecule has 0 aromatic carbocycles. The van der Waals surface area contributed by atoms with Gasteiger partial charge in [0.25, 0.3) is 0 Å². The molecule has 7 saturated carbocycles. The minimum atomic E-state index is 0.488. The van der Waals surface area contributed by atoms with Crippen molar-refractivity contribution in [3.05, 3.63) is 0 Å². The van der Waals surface area contributed by atoms with Gasteiger partial charge in [-0.05, 0) is 193 Å². The van der Waals surface area contributed by atoms with Crippen molar-refractivity contribution in [3.8, 4) is 0 Å². The monoisotopic (exact) mass is 578 g/mol. The fourth-order valence-electron chi connectivity index (χ4n) is 13.2. The summed E-state index contributed by atoms with van der Waals surface area (Å²) < 4.78 is 0. The van der Waals surface area contributed by atoms with Crippen LogP contribution in [0, 0.1) is 76.9 Å². The predicted molar refractivity (Wildman–Crippen MR) is 179 cm³/mol. The molecule has 1 heteroatoms. The average Bonchev–Trinajstić information content (AvgIpc) is 3.75. The maximum atomic E-state index is 6.91. The first kappa shape index (κ1) is 30.6. The summed E-state index contributed by atoms with van der Waals surface area (Å²) in [5.41, 5.74) is 6.91. The molecule has 7 aliphatic rings. The van der Waals surface area contributed by atoms with Crippen LogP contribution in [0.2, 0.25) is 0 Å². The Labute approximate surface area is 262 Å². The van der Waals surface area contributed by atoms with Gasteiger partial charge in [0, 0.05) is 6.04 Å². The zero-order valence-electron chi connectivity index (χ0n) is 28.0. The number of hydrogen-bond acceptors (Lipinski definition) is 1. The lowest BCUT2D eigenvalue weighted by Gasteiger charge is -2.36. The predicted octanol–water partition coefficient (Wildman–Crippen LogP) is 11.6. The van der Waals surface area contributed by atoms with Gasteiger partial charge >= 0.3 is 0 Å². The van der Waals surface area contributed by atoms with E-state index in [0.717, 1.165) is 76.9 Å². The standard InChI is InChI=1S/C41H71N/c1-28-5-10-32(11-6-28)38-21-22-39(27-38)33-12-7-29(8-13-33)24-41(42)25-30-9-14-36(23-30)34-15-17-35(18-16-34)40-20-19-37(26-40)31-3-2-4-31/h28-41H,2-27,42H2,1H3/t28?,29?,30?,32?,33?,34?,35?,36?,37?,38?,39?,40?,41-/m1/s1. The maximum Gasteiger partial charge on any atom is 0.00441 e. The van der Waals surface area contributed by atoms with E-state index in [1.54, 1.807) is 89.9 Å². The Kier molecular flexibility index (Phi) is 10.3. The number of hydrogen-bond donors (Lipinski definition) is 1. The normalized spacial score (nSPS) is 47.9. The Morgan fingerprint density at radius 2 is 0.714 bits per heavy atom. The molecular weight excluding hydrogens is 506 g/mol. The molecule has 1 nitrogen and oxygen atoms in total. The van der Waals surface area contributed by atoms with Gasteiger partial charge in [0.05, 0.1) is 0 Å². The van der Waals surface area contributed by atoms with E-state index in [2.05, 4.69) is 6.92 Å². The molecule has 7 fully saturated rings. The lowest BCUT2D eigenvalue weighted by molar-refractivity contribution is 0.150. The third-order valence-electron chi connectivity index (χ3n) is 16.1. The van der Waals surface area contributed by atoms with Crippen LogP contribution in [0.3, 0.4) is 0 Å². The zero-order chi connectivity index (χ0) is 28.5. The van der Waals surface area contributed by atoms with Gasteiger partial charge in [0.2, 0.25) is 0 Å². The summed E-state index contributed by atoms with van der Waals surface area (Å²) in [5, 5.41) is 0. The summed E-state index contributed by atoms with van der Waals surface area (Å²) >= 11 is 0. The van der Waals surface area contributed by atoms with Crippen LogP contribution in [-0.2, 0) is 0 Å². The Hall–Kier alpha value is -0.0400. The number of nitrogens with two attached hydrogens (primary N) is 1. The third-order valence-corrected chi connectivity index (χ3v) is 16.1. The van der Waals surface area contributed by atoms with E-state index < -0.39 is 0 Å². The van der Waals surface area contributed by atoms with E-state index in [1.807, 2.05) is 0 Å². The molecule has 240 valence electrons. The van der Waals surface area contributed by atoms with Crippen molar-refractivity contribution < 1.29 is 0 Å². The Morgan fingerprint density at radius 1 is 0.381 bits per heavy atom. The van der Waals surface area contributed by atoms with Gasteiger partial charge in [-0.25, -0.2) is 0 Å². The van der Waals surface area contributed by atoms with Crippen molar-refractivity contribution in [2.45, 2.75) is 180 Å². The lowest BCUT2D eigenvalue weighted by atomic mass is 9.70. The fourth-order valence-corrected chi connectivity index (χ4v) is 13.2. The molecule has 42 heavy (non-hydrogen) atoms. The molecule has 7 rings (SSSR count). The first-order chi connectivity index (χ1) is 20.6. The molecular formula is C41H71N. The molecule has 0 aromatic heterocycles. The van der Waals surface area contributed by atoms with Crippen LogP contribution in [0.25, 0.3) is 0 Å². The fraction of sp³-hybridized carbons (Fsp3) is 1.00. The molecule has 0 aliphatic heterocycles. The van der Waals surface area contributed by atoms with Crippen LogP contribution >= 0.6 is 0 Å². The van der Waals surface area contributed by atoms with Crippen LogP contribution in [0.15, 0.2) is 0 Å². The highest BCUT2D eigenvalue weighted by atomic mass is 14.6. The van der Waals surface area contributed by atoms with E-state index in [4.69, 9.17) is 5.73 Å². The van der Waals surface area contributed by atoms with Crippen molar-refractivity contribution >= 4 is 0 Å². The van der Waals surface area contributed by atoms with Crippen molar-refractivity contribution in [1.29, 1.82) is 0 Å². The third kappa shape index (κ3) is 7.33. The molecule has 0 heterocycles.